The molecule has 0 aromatic heterocycles. The van der Waals surface area contributed by atoms with Crippen LogP contribution >= 0.6 is 11.6 Å². The highest BCUT2D eigenvalue weighted by atomic mass is 35.5. The molecule has 0 fully saturated rings. The van der Waals surface area contributed by atoms with E-state index in [9.17, 15) is 18.0 Å². The van der Waals surface area contributed by atoms with Crippen LogP contribution in [0.5, 0.6) is 0 Å². The zero-order valence-electron chi connectivity index (χ0n) is 10.6. The molecule has 0 spiro atoms. The van der Waals surface area contributed by atoms with Crippen molar-refractivity contribution in [1.82, 2.24) is 0 Å². The molecule has 0 radical (unpaired) electrons. The lowest BCUT2D eigenvalue weighted by Crippen LogP contribution is -2.27. The summed E-state index contributed by atoms with van der Waals surface area (Å²) in [6.45, 7) is 4.92. The monoisotopic (exact) mass is 295 g/mol. The van der Waals surface area contributed by atoms with E-state index in [0.29, 0.717) is 0 Å². The molecule has 0 atom stereocenters. The molecule has 19 heavy (non-hydrogen) atoms. The normalized spacial score (nSPS) is 12.2. The second-order valence-electron chi connectivity index (χ2n) is 4.79. The van der Waals surface area contributed by atoms with Gasteiger partial charge in [0.1, 0.15) is 5.60 Å². The fourth-order valence-corrected chi connectivity index (χ4v) is 1.54. The summed E-state index contributed by atoms with van der Waals surface area (Å²) in [5.41, 5.74) is -1.91. The first-order valence-corrected chi connectivity index (χ1v) is 5.74. The number of ether oxygens (including phenoxy) is 1. The maximum absolute atomic E-state index is 12.6. The van der Waals surface area contributed by atoms with Crippen LogP contribution in [0.1, 0.15) is 26.3 Å². The second kappa shape index (κ2) is 5.28. The van der Waals surface area contributed by atoms with Gasteiger partial charge >= 0.3 is 12.3 Å². The van der Waals surface area contributed by atoms with Gasteiger partial charge in [0.25, 0.3) is 0 Å². The van der Waals surface area contributed by atoms with Crippen molar-refractivity contribution in [1.29, 1.82) is 0 Å². The lowest BCUT2D eigenvalue weighted by Gasteiger charge is -2.20. The van der Waals surface area contributed by atoms with Crippen molar-refractivity contribution in [3.63, 3.8) is 0 Å². The van der Waals surface area contributed by atoms with Crippen LogP contribution in [0.4, 0.5) is 23.7 Å². The first-order chi connectivity index (χ1) is 8.50. The van der Waals surface area contributed by atoms with E-state index in [0.717, 1.165) is 12.1 Å². The maximum Gasteiger partial charge on any atom is 0.417 e. The van der Waals surface area contributed by atoms with E-state index in [1.54, 1.807) is 20.8 Å². The molecule has 3 nitrogen and oxygen atoms in total. The molecule has 1 amide bonds. The van der Waals surface area contributed by atoms with Crippen LogP contribution < -0.4 is 5.32 Å². The molecule has 1 aromatic carbocycles. The Kier molecular flexibility index (Phi) is 4.35. The van der Waals surface area contributed by atoms with E-state index in [2.05, 4.69) is 5.32 Å². The van der Waals surface area contributed by atoms with Crippen LogP contribution in [0.25, 0.3) is 0 Å². The van der Waals surface area contributed by atoms with Crippen molar-refractivity contribution < 1.29 is 22.7 Å². The Labute approximate surface area is 113 Å². The smallest absolute Gasteiger partial charge is 0.417 e. The van der Waals surface area contributed by atoms with Crippen LogP contribution in [0, 0.1) is 0 Å². The van der Waals surface area contributed by atoms with Crippen LogP contribution in [-0.2, 0) is 10.9 Å². The number of carbonyl (C=O) groups excluding carboxylic acids is 1. The molecule has 1 rings (SSSR count). The minimum absolute atomic E-state index is 0.147. The Balaban J connectivity index is 2.95. The molecular formula is C12H13ClF3NO2. The number of alkyl halides is 3. The van der Waals surface area contributed by atoms with Gasteiger partial charge in [-0.3, -0.25) is 5.32 Å². The predicted octanol–water partition coefficient (Wildman–Crippen LogP) is 4.71. The van der Waals surface area contributed by atoms with Gasteiger partial charge < -0.3 is 4.74 Å². The molecule has 0 saturated heterocycles. The van der Waals surface area contributed by atoms with Gasteiger partial charge in [-0.2, -0.15) is 13.2 Å². The van der Waals surface area contributed by atoms with Crippen molar-refractivity contribution >= 4 is 23.4 Å². The molecule has 0 aliphatic rings. The van der Waals surface area contributed by atoms with Gasteiger partial charge in [0, 0.05) is 0 Å². The van der Waals surface area contributed by atoms with E-state index >= 15 is 0 Å². The second-order valence-corrected chi connectivity index (χ2v) is 5.17. The first kappa shape index (κ1) is 15.6. The number of hydrogen-bond donors (Lipinski definition) is 1. The predicted molar refractivity (Wildman–Crippen MR) is 66.3 cm³/mol. The molecule has 0 bridgehead atoms. The Morgan fingerprint density at radius 3 is 2.32 bits per heavy atom. The third-order valence-electron chi connectivity index (χ3n) is 1.94. The molecule has 0 aliphatic heterocycles. The summed E-state index contributed by atoms with van der Waals surface area (Å²) in [5, 5.41) is 1.62. The number of benzene rings is 1. The molecule has 0 heterocycles. The zero-order chi connectivity index (χ0) is 14.8. The SMILES string of the molecule is CC(C)(C)OC(=O)Nc1cccc(C(F)(F)F)c1Cl. The van der Waals surface area contributed by atoms with Gasteiger partial charge in [0.05, 0.1) is 16.3 Å². The first-order valence-electron chi connectivity index (χ1n) is 5.36. The van der Waals surface area contributed by atoms with Gasteiger partial charge in [0.15, 0.2) is 0 Å². The number of nitrogens with one attached hydrogen (secondary N) is 1. The van der Waals surface area contributed by atoms with Crippen molar-refractivity contribution in [2.45, 2.75) is 32.5 Å². The minimum atomic E-state index is -4.58. The molecule has 1 N–H and O–H groups in total. The van der Waals surface area contributed by atoms with Gasteiger partial charge in [-0.25, -0.2) is 4.79 Å². The summed E-state index contributed by atoms with van der Waals surface area (Å²) < 4.78 is 42.8. The van der Waals surface area contributed by atoms with E-state index in [4.69, 9.17) is 16.3 Å². The van der Waals surface area contributed by atoms with E-state index in [1.807, 2.05) is 0 Å². The minimum Gasteiger partial charge on any atom is -0.444 e. The van der Waals surface area contributed by atoms with Gasteiger partial charge in [-0.05, 0) is 32.9 Å². The van der Waals surface area contributed by atoms with E-state index in [-0.39, 0.29) is 5.69 Å². The average Bonchev–Trinajstić information content (AvgIpc) is 2.16. The lowest BCUT2D eigenvalue weighted by atomic mass is 10.2. The highest BCUT2D eigenvalue weighted by Crippen LogP contribution is 2.38. The molecule has 1 aromatic rings. The topological polar surface area (TPSA) is 38.3 Å². The Bertz CT molecular complexity index is 481. The van der Waals surface area contributed by atoms with Gasteiger partial charge in [-0.15, -0.1) is 0 Å². The molecule has 7 heteroatoms. The molecule has 0 unspecified atom stereocenters. The number of anilines is 1. The Morgan fingerprint density at radius 2 is 1.84 bits per heavy atom. The van der Waals surface area contributed by atoms with Crippen LogP contribution in [0.2, 0.25) is 5.02 Å². The van der Waals surface area contributed by atoms with Crippen molar-refractivity contribution in [3.8, 4) is 0 Å². The quantitative estimate of drug-likeness (QED) is 0.815. The summed E-state index contributed by atoms with van der Waals surface area (Å²) in [6, 6.07) is 3.26. The van der Waals surface area contributed by atoms with Crippen LogP contribution in [0.3, 0.4) is 0 Å². The van der Waals surface area contributed by atoms with Crippen molar-refractivity contribution in [2.24, 2.45) is 0 Å². The fourth-order valence-electron chi connectivity index (χ4n) is 1.26. The average molecular weight is 296 g/mol. The summed E-state index contributed by atoms with van der Waals surface area (Å²) in [4.78, 5) is 11.5. The maximum atomic E-state index is 12.6. The molecular weight excluding hydrogens is 283 g/mol. The fraction of sp³-hybridized carbons (Fsp3) is 0.417. The molecule has 0 aliphatic carbocycles. The van der Waals surface area contributed by atoms with Gasteiger partial charge in [0.2, 0.25) is 0 Å². The van der Waals surface area contributed by atoms with Crippen LogP contribution in [0.15, 0.2) is 18.2 Å². The largest absolute Gasteiger partial charge is 0.444 e. The third-order valence-corrected chi connectivity index (χ3v) is 2.35. The standard InChI is InChI=1S/C12H13ClF3NO2/c1-11(2,3)19-10(18)17-8-6-4-5-7(9(8)13)12(14,15)16/h4-6H,1-3H3,(H,17,18). The summed E-state index contributed by atoms with van der Waals surface area (Å²) >= 11 is 5.62. The van der Waals surface area contributed by atoms with Gasteiger partial charge in [-0.1, -0.05) is 17.7 Å². The summed E-state index contributed by atoms with van der Waals surface area (Å²) in [5.74, 6) is 0. The number of rotatable bonds is 1. The third kappa shape index (κ3) is 4.63. The Morgan fingerprint density at radius 1 is 1.26 bits per heavy atom. The number of halogens is 4. The van der Waals surface area contributed by atoms with Crippen LogP contribution in [-0.4, -0.2) is 11.7 Å². The highest BCUT2D eigenvalue weighted by molar-refractivity contribution is 6.34. The number of amides is 1. The summed E-state index contributed by atoms with van der Waals surface area (Å²) in [6.07, 6.45) is -5.45. The van der Waals surface area contributed by atoms with E-state index in [1.165, 1.54) is 6.07 Å². The number of hydrogen-bond acceptors (Lipinski definition) is 2. The van der Waals surface area contributed by atoms with Crippen molar-refractivity contribution in [3.05, 3.63) is 28.8 Å². The Hall–Kier alpha value is -1.43. The summed E-state index contributed by atoms with van der Waals surface area (Å²) in [7, 11) is 0. The van der Waals surface area contributed by atoms with E-state index < -0.39 is 28.5 Å². The van der Waals surface area contributed by atoms with Crippen molar-refractivity contribution in [2.75, 3.05) is 5.32 Å². The highest BCUT2D eigenvalue weighted by Gasteiger charge is 2.34. The lowest BCUT2D eigenvalue weighted by molar-refractivity contribution is -0.137. The number of carbonyl (C=O) groups is 1. The molecule has 0 saturated carbocycles. The zero-order valence-corrected chi connectivity index (χ0v) is 11.3. The molecule has 106 valence electrons.